The molecule has 0 spiro atoms. The van der Waals surface area contributed by atoms with E-state index >= 15 is 0 Å². The third kappa shape index (κ3) is 1.35. The van der Waals surface area contributed by atoms with Gasteiger partial charge in [0.15, 0.2) is 5.78 Å². The van der Waals surface area contributed by atoms with E-state index in [0.717, 1.165) is 18.4 Å². The van der Waals surface area contributed by atoms with Crippen molar-refractivity contribution in [3.8, 4) is 0 Å². The molecule has 1 nitrogen and oxygen atoms in total. The zero-order valence-electron chi connectivity index (χ0n) is 9.57. The van der Waals surface area contributed by atoms with Crippen molar-refractivity contribution in [2.24, 2.45) is 11.8 Å². The average Bonchev–Trinajstić information content (AvgIpc) is 2.32. The number of fused-ring (bicyclic) bond motifs is 3. The average molecular weight is 212 g/mol. The molecular weight excluding hydrogens is 196 g/mol. The molecule has 1 heteroatoms. The Morgan fingerprint density at radius 1 is 1.19 bits per heavy atom. The van der Waals surface area contributed by atoms with E-state index in [4.69, 9.17) is 0 Å². The second-order valence-electron chi connectivity index (χ2n) is 4.97. The van der Waals surface area contributed by atoms with E-state index < -0.39 is 0 Å². The van der Waals surface area contributed by atoms with E-state index in [9.17, 15) is 4.79 Å². The van der Waals surface area contributed by atoms with Crippen LogP contribution in [0.5, 0.6) is 0 Å². The fraction of sp³-hybridized carbons (Fsp3) is 0.400. The van der Waals surface area contributed by atoms with Crippen LogP contribution in [0.3, 0.4) is 0 Å². The molecule has 0 aromatic heterocycles. The lowest BCUT2D eigenvalue weighted by atomic mass is 9.65. The number of carbonyl (C=O) groups is 1. The molecular formula is C15H16O. The van der Waals surface area contributed by atoms with Gasteiger partial charge in [0, 0.05) is 6.42 Å². The monoisotopic (exact) mass is 212 g/mol. The molecule has 0 radical (unpaired) electrons. The molecule has 0 heterocycles. The number of rotatable bonds is 1. The predicted molar refractivity (Wildman–Crippen MR) is 64.9 cm³/mol. The van der Waals surface area contributed by atoms with Crippen molar-refractivity contribution in [3.63, 3.8) is 0 Å². The predicted octanol–water partition coefficient (Wildman–Crippen LogP) is 3.46. The lowest BCUT2D eigenvalue weighted by molar-refractivity contribution is -0.118. The van der Waals surface area contributed by atoms with E-state index in [1.807, 2.05) is 6.07 Å². The Morgan fingerprint density at radius 3 is 2.62 bits per heavy atom. The van der Waals surface area contributed by atoms with Crippen molar-refractivity contribution < 1.29 is 4.79 Å². The van der Waals surface area contributed by atoms with Gasteiger partial charge in [-0.25, -0.2) is 0 Å². The molecule has 0 amide bonds. The van der Waals surface area contributed by atoms with E-state index in [0.29, 0.717) is 17.6 Å². The number of carbonyl (C=O) groups excluding carboxylic acids is 1. The third-order valence-corrected chi connectivity index (χ3v) is 4.12. The minimum Gasteiger partial charge on any atom is -0.295 e. The van der Waals surface area contributed by atoms with Gasteiger partial charge in [-0.05, 0) is 41.4 Å². The van der Waals surface area contributed by atoms with Gasteiger partial charge in [0.1, 0.15) is 0 Å². The van der Waals surface area contributed by atoms with E-state index in [1.165, 1.54) is 17.6 Å². The maximum atomic E-state index is 11.9. The SMILES string of the molecule is CC1C(c2ccccc2)=C2CC[C@@H]1CC2=O. The number of Topliss-reactive ketones (excluding diaryl/α,β-unsaturated/α-hetero) is 1. The highest BCUT2D eigenvalue weighted by Crippen LogP contribution is 2.47. The largest absolute Gasteiger partial charge is 0.295 e. The molecule has 0 aliphatic heterocycles. The minimum absolute atomic E-state index is 0.396. The number of benzene rings is 1. The first-order valence-corrected chi connectivity index (χ1v) is 6.09. The lowest BCUT2D eigenvalue weighted by Gasteiger charge is -2.38. The van der Waals surface area contributed by atoms with Gasteiger partial charge in [-0.15, -0.1) is 0 Å². The standard InChI is InChI=1S/C15H16O/c1-10-12-7-8-13(14(16)9-12)15(10)11-5-3-2-4-6-11/h2-6,10,12H,7-9H2,1H3/t10?,12-/m1/s1. The highest BCUT2D eigenvalue weighted by Gasteiger charge is 2.38. The Kier molecular flexibility index (Phi) is 2.20. The van der Waals surface area contributed by atoms with Crippen LogP contribution >= 0.6 is 0 Å². The molecule has 1 fully saturated rings. The summed E-state index contributed by atoms with van der Waals surface area (Å²) in [6.45, 7) is 2.28. The highest BCUT2D eigenvalue weighted by atomic mass is 16.1. The van der Waals surface area contributed by atoms with Gasteiger partial charge in [-0.2, -0.15) is 0 Å². The van der Waals surface area contributed by atoms with Crippen LogP contribution in [0.4, 0.5) is 0 Å². The molecule has 3 aliphatic carbocycles. The topological polar surface area (TPSA) is 17.1 Å². The van der Waals surface area contributed by atoms with Crippen molar-refractivity contribution in [3.05, 3.63) is 41.5 Å². The summed E-state index contributed by atoms with van der Waals surface area (Å²) < 4.78 is 0. The van der Waals surface area contributed by atoms with E-state index in [-0.39, 0.29) is 0 Å². The van der Waals surface area contributed by atoms with Crippen LogP contribution in [0.15, 0.2) is 35.9 Å². The summed E-state index contributed by atoms with van der Waals surface area (Å²) in [6, 6.07) is 10.4. The van der Waals surface area contributed by atoms with Gasteiger partial charge >= 0.3 is 0 Å². The van der Waals surface area contributed by atoms with Gasteiger partial charge in [0.2, 0.25) is 0 Å². The Labute approximate surface area is 96.2 Å². The van der Waals surface area contributed by atoms with Crippen LogP contribution in [-0.4, -0.2) is 5.78 Å². The number of allylic oxidation sites excluding steroid dienone is 2. The fourth-order valence-corrected chi connectivity index (χ4v) is 3.21. The van der Waals surface area contributed by atoms with Crippen molar-refractivity contribution in [1.82, 2.24) is 0 Å². The van der Waals surface area contributed by atoms with Crippen LogP contribution in [0.1, 0.15) is 31.7 Å². The molecule has 82 valence electrons. The summed E-state index contributed by atoms with van der Waals surface area (Å²) in [5.74, 6) is 1.54. The second-order valence-corrected chi connectivity index (χ2v) is 4.97. The lowest BCUT2D eigenvalue weighted by Crippen LogP contribution is -2.31. The van der Waals surface area contributed by atoms with Crippen molar-refractivity contribution >= 4 is 11.4 Å². The first-order chi connectivity index (χ1) is 7.77. The van der Waals surface area contributed by atoms with Crippen LogP contribution in [-0.2, 0) is 4.79 Å². The van der Waals surface area contributed by atoms with Crippen molar-refractivity contribution in [1.29, 1.82) is 0 Å². The first-order valence-electron chi connectivity index (χ1n) is 6.09. The molecule has 4 rings (SSSR count). The van der Waals surface area contributed by atoms with E-state index in [1.54, 1.807) is 0 Å². The van der Waals surface area contributed by atoms with Crippen LogP contribution in [0.2, 0.25) is 0 Å². The number of hydrogen-bond donors (Lipinski definition) is 0. The summed E-state index contributed by atoms with van der Waals surface area (Å²) in [6.07, 6.45) is 2.99. The number of ketones is 1. The fourth-order valence-electron chi connectivity index (χ4n) is 3.21. The molecule has 0 N–H and O–H groups in total. The molecule has 16 heavy (non-hydrogen) atoms. The quantitative estimate of drug-likeness (QED) is 0.696. The van der Waals surface area contributed by atoms with Gasteiger partial charge in [-0.3, -0.25) is 4.79 Å². The molecule has 1 saturated carbocycles. The number of hydrogen-bond acceptors (Lipinski definition) is 1. The highest BCUT2D eigenvalue weighted by molar-refractivity contribution is 6.05. The van der Waals surface area contributed by atoms with E-state index in [2.05, 4.69) is 31.2 Å². The maximum Gasteiger partial charge on any atom is 0.159 e. The Balaban J connectivity index is 2.15. The minimum atomic E-state index is 0.396. The maximum absolute atomic E-state index is 11.9. The summed E-state index contributed by atoms with van der Waals surface area (Å²) in [4.78, 5) is 11.9. The Morgan fingerprint density at radius 2 is 1.94 bits per heavy atom. The molecule has 1 unspecified atom stereocenters. The Bertz CT molecular complexity index is 456. The molecule has 3 aliphatic rings. The third-order valence-electron chi connectivity index (χ3n) is 4.12. The summed E-state index contributed by atoms with van der Waals surface area (Å²) in [7, 11) is 0. The molecule has 1 aromatic carbocycles. The molecule has 0 saturated heterocycles. The van der Waals surface area contributed by atoms with Gasteiger partial charge in [-0.1, -0.05) is 37.3 Å². The van der Waals surface area contributed by atoms with Crippen molar-refractivity contribution in [2.45, 2.75) is 26.2 Å². The summed E-state index contributed by atoms with van der Waals surface area (Å²) in [5, 5.41) is 0. The zero-order valence-corrected chi connectivity index (χ0v) is 9.57. The summed E-state index contributed by atoms with van der Waals surface area (Å²) >= 11 is 0. The van der Waals surface area contributed by atoms with Crippen molar-refractivity contribution in [2.75, 3.05) is 0 Å². The van der Waals surface area contributed by atoms with Crippen LogP contribution < -0.4 is 0 Å². The van der Waals surface area contributed by atoms with Gasteiger partial charge in [0.05, 0.1) is 0 Å². The molecule has 1 aromatic rings. The zero-order chi connectivity index (χ0) is 11.1. The van der Waals surface area contributed by atoms with Crippen LogP contribution in [0.25, 0.3) is 5.57 Å². The smallest absolute Gasteiger partial charge is 0.159 e. The van der Waals surface area contributed by atoms with Crippen LogP contribution in [0, 0.1) is 11.8 Å². The normalized spacial score (nSPS) is 28.7. The first kappa shape index (κ1) is 9.83. The Hall–Kier alpha value is -1.37. The molecule has 2 atom stereocenters. The molecule has 2 bridgehead atoms. The second kappa shape index (κ2) is 3.58. The van der Waals surface area contributed by atoms with Gasteiger partial charge < -0.3 is 0 Å². The summed E-state index contributed by atoms with van der Waals surface area (Å²) in [5.41, 5.74) is 3.69. The van der Waals surface area contributed by atoms with Gasteiger partial charge in [0.25, 0.3) is 0 Å².